The number of hydrogen-bond acceptors (Lipinski definition) is 4. The molecule has 1 aromatic heterocycles. The van der Waals surface area contributed by atoms with Crippen LogP contribution in [0.4, 0.5) is 5.82 Å². The van der Waals surface area contributed by atoms with Crippen LogP contribution in [0.3, 0.4) is 0 Å². The molecule has 1 fully saturated rings. The minimum atomic E-state index is 0.720. The molecule has 0 aromatic carbocycles. The first-order valence-electron chi connectivity index (χ1n) is 7.17. The van der Waals surface area contributed by atoms with Crippen molar-refractivity contribution in [3.63, 3.8) is 0 Å². The van der Waals surface area contributed by atoms with Crippen molar-refractivity contribution in [3.05, 3.63) is 11.3 Å². The van der Waals surface area contributed by atoms with Crippen LogP contribution in [-0.4, -0.2) is 42.6 Å². The third-order valence-electron chi connectivity index (χ3n) is 3.70. The lowest BCUT2D eigenvalue weighted by atomic mass is 10.2. The summed E-state index contributed by atoms with van der Waals surface area (Å²) in [6, 6.07) is 0.720. The molecule has 0 aliphatic heterocycles. The number of anilines is 1. The number of aryl methyl sites for hydroxylation is 2. The van der Waals surface area contributed by atoms with Gasteiger partial charge in [0.05, 0.1) is 12.3 Å². The van der Waals surface area contributed by atoms with Crippen LogP contribution in [0.5, 0.6) is 0 Å². The molecule has 2 rings (SSSR count). The molecule has 0 radical (unpaired) electrons. The molecule has 0 atom stereocenters. The molecule has 19 heavy (non-hydrogen) atoms. The Morgan fingerprint density at radius 2 is 2.21 bits per heavy atom. The lowest BCUT2D eigenvalue weighted by Gasteiger charge is -2.24. The van der Waals surface area contributed by atoms with E-state index in [1.807, 2.05) is 11.7 Å². The van der Waals surface area contributed by atoms with Gasteiger partial charge in [0.1, 0.15) is 5.82 Å². The zero-order chi connectivity index (χ0) is 13.8. The Labute approximate surface area is 115 Å². The zero-order valence-corrected chi connectivity index (χ0v) is 12.6. The topological polar surface area (TPSA) is 42.3 Å². The molecule has 0 amide bonds. The zero-order valence-electron chi connectivity index (χ0n) is 12.6. The Balaban J connectivity index is 2.11. The van der Waals surface area contributed by atoms with Gasteiger partial charge in [0, 0.05) is 45.4 Å². The molecule has 0 saturated heterocycles. The summed E-state index contributed by atoms with van der Waals surface area (Å²) >= 11 is 0. The maximum Gasteiger partial charge on any atom is 0.131 e. The molecule has 1 heterocycles. The quantitative estimate of drug-likeness (QED) is 0.723. The highest BCUT2D eigenvalue weighted by Gasteiger charge is 2.31. The van der Waals surface area contributed by atoms with E-state index in [1.54, 1.807) is 7.11 Å². The highest BCUT2D eigenvalue weighted by molar-refractivity contribution is 5.52. The van der Waals surface area contributed by atoms with Crippen molar-refractivity contribution in [1.29, 1.82) is 0 Å². The average Bonchev–Trinajstić information content (AvgIpc) is 3.17. The summed E-state index contributed by atoms with van der Waals surface area (Å²) in [5, 5.41) is 8.02. The van der Waals surface area contributed by atoms with Gasteiger partial charge in [-0.25, -0.2) is 0 Å². The minimum Gasteiger partial charge on any atom is -0.383 e. The summed E-state index contributed by atoms with van der Waals surface area (Å²) in [6.45, 7) is 7.85. The second-order valence-corrected chi connectivity index (χ2v) is 5.20. The van der Waals surface area contributed by atoms with E-state index in [0.717, 1.165) is 38.0 Å². The molecule has 1 saturated carbocycles. The molecule has 0 bridgehead atoms. The highest BCUT2D eigenvalue weighted by Crippen LogP contribution is 2.34. The molecule has 1 aliphatic rings. The van der Waals surface area contributed by atoms with Crippen LogP contribution in [-0.2, 0) is 18.3 Å². The molecule has 0 spiro atoms. The van der Waals surface area contributed by atoms with E-state index in [1.165, 1.54) is 24.2 Å². The summed E-state index contributed by atoms with van der Waals surface area (Å²) in [6.07, 6.45) is 2.63. The van der Waals surface area contributed by atoms with E-state index >= 15 is 0 Å². The van der Waals surface area contributed by atoms with E-state index in [-0.39, 0.29) is 0 Å². The predicted octanol–water partition coefficient (Wildman–Crippen LogP) is 1.45. The van der Waals surface area contributed by atoms with E-state index in [4.69, 9.17) is 4.74 Å². The second kappa shape index (κ2) is 6.39. The van der Waals surface area contributed by atoms with Gasteiger partial charge in [-0.3, -0.25) is 4.68 Å². The number of methoxy groups -OCH3 is 1. The molecule has 0 unspecified atom stereocenters. The van der Waals surface area contributed by atoms with E-state index in [0.29, 0.717) is 0 Å². The summed E-state index contributed by atoms with van der Waals surface area (Å²) in [5.41, 5.74) is 2.45. The number of nitrogens with one attached hydrogen (secondary N) is 1. The summed E-state index contributed by atoms with van der Waals surface area (Å²) in [5.74, 6) is 1.28. The van der Waals surface area contributed by atoms with Crippen LogP contribution < -0.4 is 10.2 Å². The Morgan fingerprint density at radius 3 is 2.79 bits per heavy atom. The minimum absolute atomic E-state index is 0.720. The average molecular weight is 266 g/mol. The monoisotopic (exact) mass is 266 g/mol. The lowest BCUT2D eigenvalue weighted by Crippen LogP contribution is -2.29. The Hall–Kier alpha value is -1.07. The third kappa shape index (κ3) is 3.28. The molecular formula is C14H26N4O. The number of aromatic nitrogens is 2. The van der Waals surface area contributed by atoms with Crippen molar-refractivity contribution in [3.8, 4) is 0 Å². The molecule has 5 heteroatoms. The van der Waals surface area contributed by atoms with Gasteiger partial charge >= 0.3 is 0 Å². The van der Waals surface area contributed by atoms with E-state index in [9.17, 15) is 0 Å². The third-order valence-corrected chi connectivity index (χ3v) is 3.70. The first kappa shape index (κ1) is 14.3. The van der Waals surface area contributed by atoms with Crippen molar-refractivity contribution in [2.45, 2.75) is 39.3 Å². The number of rotatable bonds is 8. The largest absolute Gasteiger partial charge is 0.383 e. The Morgan fingerprint density at radius 1 is 1.47 bits per heavy atom. The second-order valence-electron chi connectivity index (χ2n) is 5.20. The normalized spacial score (nSPS) is 14.9. The molecular weight excluding hydrogens is 240 g/mol. The smallest absolute Gasteiger partial charge is 0.131 e. The maximum absolute atomic E-state index is 5.07. The van der Waals surface area contributed by atoms with Crippen molar-refractivity contribution in [2.24, 2.45) is 7.05 Å². The van der Waals surface area contributed by atoms with Gasteiger partial charge in [-0.2, -0.15) is 5.10 Å². The fourth-order valence-electron chi connectivity index (χ4n) is 2.61. The Kier molecular flexibility index (Phi) is 4.82. The number of hydrogen-bond donors (Lipinski definition) is 1. The van der Waals surface area contributed by atoms with Crippen LogP contribution in [0, 0.1) is 6.92 Å². The summed E-state index contributed by atoms with van der Waals surface area (Å²) in [4.78, 5) is 2.49. The van der Waals surface area contributed by atoms with Gasteiger partial charge in [-0.1, -0.05) is 0 Å². The van der Waals surface area contributed by atoms with Gasteiger partial charge < -0.3 is 15.0 Å². The number of nitrogens with zero attached hydrogens (tertiary/aromatic N) is 3. The van der Waals surface area contributed by atoms with Crippen molar-refractivity contribution in [2.75, 3.05) is 31.7 Å². The fourth-order valence-corrected chi connectivity index (χ4v) is 2.61. The Bertz CT molecular complexity index is 412. The first-order chi connectivity index (χ1) is 9.19. The van der Waals surface area contributed by atoms with Gasteiger partial charge in [0.2, 0.25) is 0 Å². The van der Waals surface area contributed by atoms with Crippen molar-refractivity contribution < 1.29 is 4.74 Å². The van der Waals surface area contributed by atoms with E-state index in [2.05, 4.69) is 29.2 Å². The first-order valence-corrected chi connectivity index (χ1v) is 7.17. The molecule has 108 valence electrons. The molecule has 1 N–H and O–H groups in total. The molecule has 1 aromatic rings. The molecule has 1 aliphatic carbocycles. The lowest BCUT2D eigenvalue weighted by molar-refractivity contribution is 0.199. The van der Waals surface area contributed by atoms with Crippen LogP contribution in [0.15, 0.2) is 0 Å². The van der Waals surface area contributed by atoms with Gasteiger partial charge in [0.25, 0.3) is 0 Å². The van der Waals surface area contributed by atoms with Crippen LogP contribution in [0.25, 0.3) is 0 Å². The van der Waals surface area contributed by atoms with Crippen molar-refractivity contribution in [1.82, 2.24) is 15.1 Å². The standard InChI is InChI=1S/C14H26N4O/c1-5-18(12-6-7-12)14-13(10-15-8-9-19-4)11(2)16-17(14)3/h12,15H,5-10H2,1-4H3. The van der Waals surface area contributed by atoms with Crippen molar-refractivity contribution >= 4 is 5.82 Å². The maximum atomic E-state index is 5.07. The fraction of sp³-hybridized carbons (Fsp3) is 0.786. The van der Waals surface area contributed by atoms with Crippen LogP contribution >= 0.6 is 0 Å². The molecule has 5 nitrogen and oxygen atoms in total. The highest BCUT2D eigenvalue weighted by atomic mass is 16.5. The predicted molar refractivity (Wildman–Crippen MR) is 77.6 cm³/mol. The number of ether oxygens (including phenoxy) is 1. The van der Waals surface area contributed by atoms with Gasteiger partial charge in [-0.05, 0) is 26.7 Å². The van der Waals surface area contributed by atoms with Crippen LogP contribution in [0.1, 0.15) is 31.0 Å². The van der Waals surface area contributed by atoms with E-state index < -0.39 is 0 Å². The SMILES string of the molecule is CCN(c1c(CNCCOC)c(C)nn1C)C1CC1. The van der Waals surface area contributed by atoms with Gasteiger partial charge in [-0.15, -0.1) is 0 Å². The summed E-state index contributed by atoms with van der Waals surface area (Å²) < 4.78 is 7.10. The van der Waals surface area contributed by atoms with Crippen LogP contribution in [0.2, 0.25) is 0 Å². The van der Waals surface area contributed by atoms with Gasteiger partial charge in [0.15, 0.2) is 0 Å². The summed E-state index contributed by atoms with van der Waals surface area (Å²) in [7, 11) is 3.78.